The summed E-state index contributed by atoms with van der Waals surface area (Å²) < 4.78 is 8.38. The second-order valence-corrected chi connectivity index (χ2v) is 7.88. The Morgan fingerprint density at radius 1 is 1.20 bits per heavy atom. The van der Waals surface area contributed by atoms with E-state index in [-0.39, 0.29) is 30.1 Å². The van der Waals surface area contributed by atoms with Crippen LogP contribution in [0.5, 0.6) is 0 Å². The molecule has 30 heavy (non-hydrogen) atoms. The van der Waals surface area contributed by atoms with Gasteiger partial charge in [0, 0.05) is 39.5 Å². The average Bonchev–Trinajstić information content (AvgIpc) is 2.97. The van der Waals surface area contributed by atoms with Crippen LogP contribution in [0.15, 0.2) is 29.3 Å². The zero-order valence-electron chi connectivity index (χ0n) is 18.0. The van der Waals surface area contributed by atoms with Crippen LogP contribution < -0.4 is 5.32 Å². The first-order chi connectivity index (χ1) is 14.3. The highest BCUT2D eigenvalue weighted by atomic mass is 127. The molecule has 1 fully saturated rings. The number of hydrogen-bond acceptors (Lipinski definition) is 4. The molecule has 3 heterocycles. The molecule has 0 amide bonds. The van der Waals surface area contributed by atoms with Crippen molar-refractivity contribution >= 4 is 29.9 Å². The fourth-order valence-electron chi connectivity index (χ4n) is 4.33. The number of nitrogens with one attached hydrogen (secondary N) is 1. The summed E-state index contributed by atoms with van der Waals surface area (Å²) in [6.45, 7) is 6.36. The maximum absolute atomic E-state index is 6.06. The van der Waals surface area contributed by atoms with Gasteiger partial charge in [-0.3, -0.25) is 4.99 Å². The Bertz CT molecular complexity index is 852. The molecule has 1 unspecified atom stereocenters. The lowest BCUT2D eigenvalue weighted by molar-refractivity contribution is -0.00829. The number of halogens is 1. The number of nitrogens with zero attached hydrogens (tertiary/aromatic N) is 5. The Labute approximate surface area is 196 Å². The summed E-state index contributed by atoms with van der Waals surface area (Å²) in [4.78, 5) is 6.81. The van der Waals surface area contributed by atoms with Crippen LogP contribution in [0.3, 0.4) is 0 Å². The number of guanidine groups is 1. The zero-order chi connectivity index (χ0) is 20.1. The van der Waals surface area contributed by atoms with Crippen LogP contribution in [-0.2, 0) is 24.1 Å². The lowest BCUT2D eigenvalue weighted by Crippen LogP contribution is -2.48. The number of hydrogen-bond donors (Lipinski definition) is 1. The summed E-state index contributed by atoms with van der Waals surface area (Å²) in [5.41, 5.74) is 2.54. The molecule has 0 saturated carbocycles. The Morgan fingerprint density at radius 2 is 2.07 bits per heavy atom. The van der Waals surface area contributed by atoms with Crippen molar-refractivity contribution < 1.29 is 4.74 Å². The molecule has 1 aromatic heterocycles. The number of rotatable bonds is 4. The number of fused-ring (bicyclic) bond motifs is 1. The van der Waals surface area contributed by atoms with E-state index in [0.29, 0.717) is 6.61 Å². The van der Waals surface area contributed by atoms with E-state index < -0.39 is 0 Å². The number of aliphatic imine (C=N–C) groups is 1. The SMILES string of the molecule is CN=C(NCCc1nnc2n1CCCCC2)N1CCOC(c2ccccc2C)C1.I. The third-order valence-electron chi connectivity index (χ3n) is 5.93. The standard InChI is InChI=1S/C22H32N6O.HI/c1-17-8-5-6-9-18(17)19-16-27(14-15-29-19)22(23-2)24-12-11-21-26-25-20-10-4-3-7-13-28(20)21;/h5-6,8-9,19H,3-4,7,10-16H2,1-2H3,(H,23,24);1H. The van der Waals surface area contributed by atoms with Crippen molar-refractivity contribution in [1.29, 1.82) is 0 Å². The molecule has 1 atom stereocenters. The van der Waals surface area contributed by atoms with Crippen molar-refractivity contribution in [2.24, 2.45) is 4.99 Å². The fraction of sp³-hybridized carbons (Fsp3) is 0.591. The summed E-state index contributed by atoms with van der Waals surface area (Å²) in [7, 11) is 1.85. The summed E-state index contributed by atoms with van der Waals surface area (Å²) in [5, 5.41) is 12.4. The molecule has 0 spiro atoms. The van der Waals surface area contributed by atoms with Crippen molar-refractivity contribution in [2.75, 3.05) is 33.3 Å². The molecule has 2 aliphatic rings. The van der Waals surface area contributed by atoms with Crippen molar-refractivity contribution in [3.63, 3.8) is 0 Å². The number of aryl methyl sites for hydroxylation is 2. The van der Waals surface area contributed by atoms with E-state index in [4.69, 9.17) is 4.74 Å². The maximum Gasteiger partial charge on any atom is 0.193 e. The minimum absolute atomic E-state index is 0. The summed E-state index contributed by atoms with van der Waals surface area (Å²) >= 11 is 0. The van der Waals surface area contributed by atoms with Gasteiger partial charge < -0.3 is 19.5 Å². The number of morpholine rings is 1. The zero-order valence-corrected chi connectivity index (χ0v) is 20.3. The lowest BCUT2D eigenvalue weighted by Gasteiger charge is -2.35. The van der Waals surface area contributed by atoms with E-state index in [1.54, 1.807) is 0 Å². The van der Waals surface area contributed by atoms with Gasteiger partial charge in [-0.1, -0.05) is 30.7 Å². The Hall–Kier alpha value is -1.68. The van der Waals surface area contributed by atoms with Crippen LogP contribution in [-0.4, -0.2) is 58.9 Å². The molecule has 2 aliphatic heterocycles. The van der Waals surface area contributed by atoms with E-state index in [9.17, 15) is 0 Å². The second-order valence-electron chi connectivity index (χ2n) is 7.88. The molecular weight excluding hydrogens is 491 g/mol. The Morgan fingerprint density at radius 3 is 2.90 bits per heavy atom. The van der Waals surface area contributed by atoms with Crippen molar-refractivity contribution in [3.8, 4) is 0 Å². The second kappa shape index (κ2) is 11.1. The van der Waals surface area contributed by atoms with Crippen LogP contribution >= 0.6 is 24.0 Å². The van der Waals surface area contributed by atoms with Gasteiger partial charge in [-0.05, 0) is 30.9 Å². The number of aromatic nitrogens is 3. The predicted octanol–water partition coefficient (Wildman–Crippen LogP) is 3.12. The molecule has 0 bridgehead atoms. The van der Waals surface area contributed by atoms with Crippen LogP contribution in [0.4, 0.5) is 0 Å². The minimum atomic E-state index is 0. The van der Waals surface area contributed by atoms with Crippen LogP contribution in [0.25, 0.3) is 0 Å². The molecule has 7 nitrogen and oxygen atoms in total. The quantitative estimate of drug-likeness (QED) is 0.378. The van der Waals surface area contributed by atoms with E-state index in [2.05, 4.69) is 61.2 Å². The molecule has 1 aromatic carbocycles. The van der Waals surface area contributed by atoms with E-state index >= 15 is 0 Å². The van der Waals surface area contributed by atoms with Gasteiger partial charge in [-0.2, -0.15) is 0 Å². The molecule has 0 radical (unpaired) electrons. The Kier molecular flexibility index (Phi) is 8.50. The normalized spacial score (nSPS) is 19.6. The first-order valence-corrected chi connectivity index (χ1v) is 10.8. The smallest absolute Gasteiger partial charge is 0.193 e. The third kappa shape index (κ3) is 5.32. The van der Waals surface area contributed by atoms with Gasteiger partial charge >= 0.3 is 0 Å². The summed E-state index contributed by atoms with van der Waals surface area (Å²) in [6.07, 6.45) is 5.72. The molecule has 0 aliphatic carbocycles. The van der Waals surface area contributed by atoms with Gasteiger partial charge in [0.1, 0.15) is 17.8 Å². The largest absolute Gasteiger partial charge is 0.370 e. The summed E-state index contributed by atoms with van der Waals surface area (Å²) in [5.74, 6) is 3.17. The van der Waals surface area contributed by atoms with Gasteiger partial charge in [0.05, 0.1) is 13.2 Å². The van der Waals surface area contributed by atoms with Gasteiger partial charge in [0.15, 0.2) is 5.96 Å². The number of benzene rings is 1. The highest BCUT2D eigenvalue weighted by Gasteiger charge is 2.25. The van der Waals surface area contributed by atoms with Crippen LogP contribution in [0, 0.1) is 6.92 Å². The van der Waals surface area contributed by atoms with Gasteiger partial charge in [-0.25, -0.2) is 0 Å². The van der Waals surface area contributed by atoms with Crippen molar-refractivity contribution in [2.45, 2.75) is 51.7 Å². The van der Waals surface area contributed by atoms with Crippen molar-refractivity contribution in [1.82, 2.24) is 25.0 Å². The highest BCUT2D eigenvalue weighted by Crippen LogP contribution is 2.25. The summed E-state index contributed by atoms with van der Waals surface area (Å²) in [6, 6.07) is 8.47. The predicted molar refractivity (Wildman–Crippen MR) is 130 cm³/mol. The molecule has 1 saturated heterocycles. The van der Waals surface area contributed by atoms with Crippen LogP contribution in [0.2, 0.25) is 0 Å². The maximum atomic E-state index is 6.06. The van der Waals surface area contributed by atoms with Gasteiger partial charge in [0.25, 0.3) is 0 Å². The highest BCUT2D eigenvalue weighted by molar-refractivity contribution is 14.0. The number of ether oxygens (including phenoxy) is 1. The topological polar surface area (TPSA) is 67.6 Å². The van der Waals surface area contributed by atoms with Gasteiger partial charge in [0.2, 0.25) is 0 Å². The molecule has 2 aromatic rings. The minimum Gasteiger partial charge on any atom is -0.370 e. The van der Waals surface area contributed by atoms with E-state index in [1.807, 2.05) is 7.05 Å². The van der Waals surface area contributed by atoms with E-state index in [1.165, 1.54) is 30.4 Å². The van der Waals surface area contributed by atoms with E-state index in [0.717, 1.165) is 56.6 Å². The van der Waals surface area contributed by atoms with Gasteiger partial charge in [-0.15, -0.1) is 34.2 Å². The first-order valence-electron chi connectivity index (χ1n) is 10.8. The molecular formula is C22H33IN6O. The molecule has 4 rings (SSSR count). The average molecular weight is 524 g/mol. The fourth-order valence-corrected chi connectivity index (χ4v) is 4.33. The molecule has 1 N–H and O–H groups in total. The molecule has 164 valence electrons. The Balaban J connectivity index is 0.00000256. The first kappa shape index (κ1) is 23.0. The monoisotopic (exact) mass is 524 g/mol. The lowest BCUT2D eigenvalue weighted by atomic mass is 10.0. The molecule has 8 heteroatoms. The van der Waals surface area contributed by atoms with Crippen molar-refractivity contribution in [3.05, 3.63) is 47.0 Å². The third-order valence-corrected chi connectivity index (χ3v) is 5.93. The van der Waals surface area contributed by atoms with Crippen LogP contribution in [0.1, 0.15) is 48.1 Å².